The van der Waals surface area contributed by atoms with Crippen LogP contribution in [0.5, 0.6) is 0 Å². The predicted molar refractivity (Wildman–Crippen MR) is 49.6 cm³/mol. The number of allylic oxidation sites excluding steroid dienone is 4. The van der Waals surface area contributed by atoms with E-state index >= 15 is 0 Å². The van der Waals surface area contributed by atoms with Gasteiger partial charge in [-0.2, -0.15) is 11.1 Å². The Morgan fingerprint density at radius 2 is 1.38 bits per heavy atom. The minimum absolute atomic E-state index is 0. The van der Waals surface area contributed by atoms with E-state index in [1.807, 2.05) is 0 Å². The molecule has 0 saturated carbocycles. The second-order valence-corrected chi connectivity index (χ2v) is 3.62. The monoisotopic (exact) mass is 367 g/mol. The Kier molecular flexibility index (Phi) is 8.13. The average molecular weight is 365 g/mol. The molecule has 0 atom stereocenters. The largest absolute Gasteiger partial charge is 1.00 e. The third-order valence-electron chi connectivity index (χ3n) is 2.56. The van der Waals surface area contributed by atoms with Crippen molar-refractivity contribution in [3.63, 3.8) is 0 Å². The second-order valence-electron chi connectivity index (χ2n) is 3.62. The van der Waals surface area contributed by atoms with E-state index < -0.39 is 0 Å². The fraction of sp³-hybridized carbons (Fsp3) is 0.600. The van der Waals surface area contributed by atoms with E-state index in [1.165, 1.54) is 16.7 Å². The van der Waals surface area contributed by atoms with Crippen molar-refractivity contribution in [3.8, 4) is 0 Å². The van der Waals surface area contributed by atoms with Gasteiger partial charge in [-0.25, -0.2) is 5.57 Å². The fourth-order valence-corrected chi connectivity index (χ4v) is 1.41. The second kappa shape index (κ2) is 5.65. The molecule has 0 aromatic heterocycles. The van der Waals surface area contributed by atoms with Gasteiger partial charge in [-0.3, -0.25) is 15.5 Å². The number of halogens is 2. The van der Waals surface area contributed by atoms with Crippen LogP contribution in [0.2, 0.25) is 0 Å². The zero-order chi connectivity index (χ0) is 7.94. The van der Waals surface area contributed by atoms with Crippen LogP contribution in [0.15, 0.2) is 16.7 Å². The molecule has 0 heterocycles. The molecule has 3 heteroatoms. The van der Waals surface area contributed by atoms with Gasteiger partial charge in [0.25, 0.3) is 0 Å². The van der Waals surface area contributed by atoms with Crippen molar-refractivity contribution in [3.05, 3.63) is 22.8 Å². The molecule has 0 nitrogen and oxygen atoms in total. The van der Waals surface area contributed by atoms with E-state index in [0.29, 0.717) is 0 Å². The molecule has 1 aliphatic carbocycles. The minimum atomic E-state index is 0. The summed E-state index contributed by atoms with van der Waals surface area (Å²) in [6.45, 7) is 10.9. The van der Waals surface area contributed by atoms with Gasteiger partial charge in [0.1, 0.15) is 0 Å². The summed E-state index contributed by atoms with van der Waals surface area (Å²) in [5, 5.41) is 0. The van der Waals surface area contributed by atoms with Crippen LogP contribution in [-0.4, -0.2) is 0 Å². The van der Waals surface area contributed by atoms with Gasteiger partial charge in [-0.05, 0) is 0 Å². The van der Waals surface area contributed by atoms with E-state index in [0.717, 1.165) is 0 Å². The predicted octanol–water partition coefficient (Wildman–Crippen LogP) is 3.41. The summed E-state index contributed by atoms with van der Waals surface area (Å²) in [6.07, 6.45) is 3.44. The van der Waals surface area contributed by atoms with Gasteiger partial charge in [0.05, 0.1) is 0 Å². The van der Waals surface area contributed by atoms with Crippen molar-refractivity contribution in [2.24, 2.45) is 5.41 Å². The van der Waals surface area contributed by atoms with Crippen LogP contribution in [0.3, 0.4) is 0 Å². The van der Waals surface area contributed by atoms with Crippen molar-refractivity contribution in [1.82, 2.24) is 0 Å². The molecule has 1 aliphatic rings. The zero-order valence-electron chi connectivity index (χ0n) is 8.67. The summed E-state index contributed by atoms with van der Waals surface area (Å²) < 4.78 is 0. The molecule has 1 radical (unpaired) electrons. The van der Waals surface area contributed by atoms with Crippen molar-refractivity contribution in [2.75, 3.05) is 0 Å². The van der Waals surface area contributed by atoms with E-state index in [1.54, 1.807) is 0 Å². The minimum Gasteiger partial charge on any atom is -0.269 e. The first-order valence-electron chi connectivity index (χ1n) is 3.75. The number of rotatable bonds is 0. The fourth-order valence-electron chi connectivity index (χ4n) is 1.41. The molecule has 0 bridgehead atoms. The summed E-state index contributed by atoms with van der Waals surface area (Å²) in [5.41, 5.74) is 4.39. The third-order valence-corrected chi connectivity index (χ3v) is 2.56. The van der Waals surface area contributed by atoms with Crippen molar-refractivity contribution >= 4 is 0 Å². The molecular formula is C10H17F2Os. The maximum Gasteiger partial charge on any atom is 1.00 e. The summed E-state index contributed by atoms with van der Waals surface area (Å²) in [7, 11) is 0. The van der Waals surface area contributed by atoms with Gasteiger partial charge in [0.2, 0.25) is 0 Å². The van der Waals surface area contributed by atoms with Crippen molar-refractivity contribution in [1.29, 1.82) is 0 Å². The maximum absolute atomic E-state index is 3.44. The summed E-state index contributed by atoms with van der Waals surface area (Å²) in [4.78, 5) is 0. The van der Waals surface area contributed by atoms with E-state index in [4.69, 9.17) is 0 Å². The van der Waals surface area contributed by atoms with Gasteiger partial charge in [-0.1, -0.05) is 33.1 Å². The zero-order valence-corrected chi connectivity index (χ0v) is 11.2. The maximum atomic E-state index is 3.44. The Labute approximate surface area is 92.3 Å². The van der Waals surface area contributed by atoms with Crippen molar-refractivity contribution in [2.45, 2.75) is 34.6 Å². The Morgan fingerprint density at radius 1 is 1.00 bits per heavy atom. The summed E-state index contributed by atoms with van der Waals surface area (Å²) in [6, 6.07) is 0. The Hall–Kier alpha value is -0.0236. The summed E-state index contributed by atoms with van der Waals surface area (Å²) in [5.74, 6) is 0. The molecule has 0 N–H and O–H groups in total. The van der Waals surface area contributed by atoms with Crippen LogP contribution < -0.4 is 0 Å². The molecule has 0 amide bonds. The van der Waals surface area contributed by atoms with Gasteiger partial charge in [-0.15, -0.1) is 6.92 Å². The molecule has 1 rings (SSSR count). The first-order chi connectivity index (χ1) is 4.45. The molecular weight excluding hydrogens is 348 g/mol. The van der Waals surface area contributed by atoms with E-state index in [9.17, 15) is 0 Å². The van der Waals surface area contributed by atoms with Gasteiger partial charge < -0.3 is 0 Å². The Balaban J connectivity index is -0.000000333. The topological polar surface area (TPSA) is 0 Å². The first-order valence-corrected chi connectivity index (χ1v) is 3.75. The Morgan fingerprint density at radius 3 is 1.46 bits per heavy atom. The van der Waals surface area contributed by atoms with Crippen LogP contribution in [0.1, 0.15) is 34.6 Å². The molecule has 79 valence electrons. The standard InChI is InChI=1S/C10H15.2FH.Os/c1-7-6-10(4,5)9(3)8(7)2;;;/h1-5H3;2*1H;/q-1;;;+1. The van der Waals surface area contributed by atoms with Gasteiger partial charge in [0.15, 0.2) is 0 Å². The van der Waals surface area contributed by atoms with Crippen LogP contribution in [-0.2, 0) is 19.8 Å². The van der Waals surface area contributed by atoms with E-state index in [-0.39, 0.29) is 34.6 Å². The molecule has 13 heavy (non-hydrogen) atoms. The van der Waals surface area contributed by atoms with Crippen LogP contribution >= 0.6 is 0 Å². The normalized spacial score (nSPS) is 18.1. The molecule has 0 aromatic rings. The molecule has 0 saturated heterocycles. The third kappa shape index (κ3) is 3.31. The average Bonchev–Trinajstić information content (AvgIpc) is 1.95. The molecule has 0 spiro atoms. The molecule has 0 unspecified atom stereocenters. The SMILES string of the molecule is CC1=[C-]C(C)(C)C(C)=C1C.F.F.[Os+]. The molecule has 0 aromatic carbocycles. The van der Waals surface area contributed by atoms with Crippen LogP contribution in [0, 0.1) is 11.5 Å². The van der Waals surface area contributed by atoms with Crippen LogP contribution in [0.4, 0.5) is 9.41 Å². The van der Waals surface area contributed by atoms with Crippen LogP contribution in [0.25, 0.3) is 0 Å². The quantitative estimate of drug-likeness (QED) is 0.577. The number of hydrogen-bond acceptors (Lipinski definition) is 0. The van der Waals surface area contributed by atoms with Crippen molar-refractivity contribution < 1.29 is 29.2 Å². The molecule has 0 fully saturated rings. The van der Waals surface area contributed by atoms with Gasteiger partial charge >= 0.3 is 19.8 Å². The van der Waals surface area contributed by atoms with Gasteiger partial charge in [0, 0.05) is 0 Å². The Bertz CT molecular complexity index is 227. The number of hydrogen-bond donors (Lipinski definition) is 0. The van der Waals surface area contributed by atoms with E-state index in [2.05, 4.69) is 40.7 Å². The summed E-state index contributed by atoms with van der Waals surface area (Å²) >= 11 is 0. The molecule has 0 aliphatic heterocycles. The first kappa shape index (κ1) is 18.7. The smallest absolute Gasteiger partial charge is 0.269 e.